The summed E-state index contributed by atoms with van der Waals surface area (Å²) in [5, 5.41) is 8.25. The molecule has 58 valence electrons. The molecule has 0 aliphatic heterocycles. The molecule has 1 rings (SSSR count). The third-order valence-electron chi connectivity index (χ3n) is 1.21. The Morgan fingerprint density at radius 3 is 2.82 bits per heavy atom. The molecule has 0 aromatic heterocycles. The van der Waals surface area contributed by atoms with Gasteiger partial charge in [-0.15, -0.1) is 12.6 Å². The highest BCUT2D eigenvalue weighted by Crippen LogP contribution is 2.07. The first-order valence-electron chi connectivity index (χ1n) is 2.97. The molecule has 4 heteroatoms. The molecule has 11 heavy (non-hydrogen) atoms. The Bertz CT molecular complexity index is 275. The molecule has 1 amide bonds. The van der Waals surface area contributed by atoms with E-state index in [1.807, 2.05) is 0 Å². The zero-order valence-corrected chi connectivity index (χ0v) is 6.51. The van der Waals surface area contributed by atoms with Gasteiger partial charge in [0, 0.05) is 10.5 Å². The van der Waals surface area contributed by atoms with Crippen molar-refractivity contribution in [2.75, 3.05) is 0 Å². The van der Waals surface area contributed by atoms with Crippen LogP contribution in [0.4, 0.5) is 0 Å². The summed E-state index contributed by atoms with van der Waals surface area (Å²) in [6.07, 6.45) is 0. The number of nitrogens with one attached hydrogen (secondary N) is 1. The Morgan fingerprint density at radius 2 is 2.27 bits per heavy atom. The highest BCUT2D eigenvalue weighted by Gasteiger charge is 2.01. The topological polar surface area (TPSA) is 49.3 Å². The molecule has 0 atom stereocenters. The standard InChI is InChI=1S/C7H7NO2S/c9-7(8-10)5-2-1-3-6(11)4-5/h1-4,10-11H,(H,8,9). The quantitative estimate of drug-likeness (QED) is 0.335. The summed E-state index contributed by atoms with van der Waals surface area (Å²) in [7, 11) is 0. The third-order valence-corrected chi connectivity index (χ3v) is 1.49. The van der Waals surface area contributed by atoms with E-state index < -0.39 is 5.91 Å². The van der Waals surface area contributed by atoms with Gasteiger partial charge in [-0.3, -0.25) is 10.0 Å². The van der Waals surface area contributed by atoms with Crippen molar-refractivity contribution < 1.29 is 10.0 Å². The zero-order chi connectivity index (χ0) is 8.27. The predicted octanol–water partition coefficient (Wildman–Crippen LogP) is 1.09. The maximum absolute atomic E-state index is 10.8. The molecule has 0 aliphatic carbocycles. The van der Waals surface area contributed by atoms with Crippen LogP contribution in [0.1, 0.15) is 10.4 Å². The van der Waals surface area contributed by atoms with Crippen molar-refractivity contribution in [2.24, 2.45) is 0 Å². The van der Waals surface area contributed by atoms with Gasteiger partial charge in [-0.05, 0) is 18.2 Å². The van der Waals surface area contributed by atoms with Gasteiger partial charge in [0.15, 0.2) is 0 Å². The number of carbonyl (C=O) groups is 1. The molecule has 0 spiro atoms. The lowest BCUT2D eigenvalue weighted by Gasteiger charge is -1.97. The lowest BCUT2D eigenvalue weighted by molar-refractivity contribution is 0.0706. The van der Waals surface area contributed by atoms with Crippen LogP contribution in [-0.2, 0) is 0 Å². The summed E-state index contributed by atoms with van der Waals surface area (Å²) < 4.78 is 0. The van der Waals surface area contributed by atoms with Gasteiger partial charge in [0.05, 0.1) is 0 Å². The van der Waals surface area contributed by atoms with Crippen LogP contribution in [0.15, 0.2) is 29.2 Å². The van der Waals surface area contributed by atoms with Crippen molar-refractivity contribution in [3.8, 4) is 0 Å². The SMILES string of the molecule is O=C(NO)c1cccc(S)c1. The van der Waals surface area contributed by atoms with E-state index in [9.17, 15) is 4.79 Å². The minimum absolute atomic E-state index is 0.389. The van der Waals surface area contributed by atoms with Crippen LogP contribution in [0.3, 0.4) is 0 Å². The minimum Gasteiger partial charge on any atom is -0.288 e. The molecule has 2 N–H and O–H groups in total. The number of rotatable bonds is 1. The summed E-state index contributed by atoms with van der Waals surface area (Å²) in [5.74, 6) is -0.527. The molecule has 0 saturated carbocycles. The van der Waals surface area contributed by atoms with E-state index in [1.54, 1.807) is 24.3 Å². The molecule has 3 nitrogen and oxygen atoms in total. The average molecular weight is 169 g/mol. The molecular weight excluding hydrogens is 162 g/mol. The first kappa shape index (κ1) is 8.10. The summed E-state index contributed by atoms with van der Waals surface area (Å²) in [4.78, 5) is 11.5. The van der Waals surface area contributed by atoms with Gasteiger partial charge in [-0.1, -0.05) is 6.07 Å². The molecule has 0 fully saturated rings. The number of carbonyl (C=O) groups excluding carboxylic acids is 1. The van der Waals surface area contributed by atoms with E-state index >= 15 is 0 Å². The highest BCUT2D eigenvalue weighted by molar-refractivity contribution is 7.80. The fraction of sp³-hybridized carbons (Fsp3) is 0. The normalized spacial score (nSPS) is 9.27. The predicted molar refractivity (Wildman–Crippen MR) is 42.9 cm³/mol. The molecule has 0 saturated heterocycles. The van der Waals surface area contributed by atoms with Crippen molar-refractivity contribution in [2.45, 2.75) is 4.90 Å². The average Bonchev–Trinajstić information content (AvgIpc) is 2.03. The maximum atomic E-state index is 10.8. The van der Waals surface area contributed by atoms with E-state index in [1.165, 1.54) is 5.48 Å². The maximum Gasteiger partial charge on any atom is 0.274 e. The summed E-state index contributed by atoms with van der Waals surface area (Å²) in [6, 6.07) is 6.59. The van der Waals surface area contributed by atoms with Gasteiger partial charge in [0.25, 0.3) is 5.91 Å². The Hall–Kier alpha value is -1.00. The Labute approximate surface area is 69.4 Å². The van der Waals surface area contributed by atoms with Gasteiger partial charge in [0.2, 0.25) is 0 Å². The fourth-order valence-electron chi connectivity index (χ4n) is 0.712. The highest BCUT2D eigenvalue weighted by atomic mass is 32.1. The lowest BCUT2D eigenvalue weighted by Crippen LogP contribution is -2.18. The van der Waals surface area contributed by atoms with Crippen LogP contribution >= 0.6 is 12.6 Å². The van der Waals surface area contributed by atoms with Crippen molar-refractivity contribution in [1.29, 1.82) is 0 Å². The van der Waals surface area contributed by atoms with E-state index in [0.717, 1.165) is 0 Å². The summed E-state index contributed by atoms with van der Waals surface area (Å²) in [6.45, 7) is 0. The van der Waals surface area contributed by atoms with Gasteiger partial charge in [0.1, 0.15) is 0 Å². The molecule has 0 unspecified atom stereocenters. The molecule has 1 aromatic carbocycles. The second-order valence-electron chi connectivity index (χ2n) is 1.99. The Balaban J connectivity index is 2.96. The van der Waals surface area contributed by atoms with Crippen LogP contribution in [-0.4, -0.2) is 11.1 Å². The van der Waals surface area contributed by atoms with Crippen molar-refractivity contribution in [3.63, 3.8) is 0 Å². The number of hydrogen-bond donors (Lipinski definition) is 3. The molecule has 0 heterocycles. The van der Waals surface area contributed by atoms with Gasteiger partial charge in [-0.25, -0.2) is 5.48 Å². The summed E-state index contributed by atoms with van der Waals surface area (Å²) >= 11 is 4.03. The molecule has 1 aromatic rings. The lowest BCUT2D eigenvalue weighted by atomic mass is 10.2. The van der Waals surface area contributed by atoms with Crippen molar-refractivity contribution >= 4 is 18.5 Å². The molecule has 0 aliphatic rings. The Morgan fingerprint density at radius 1 is 1.55 bits per heavy atom. The summed E-state index contributed by atoms with van der Waals surface area (Å²) in [5.41, 5.74) is 1.92. The number of benzene rings is 1. The van der Waals surface area contributed by atoms with Crippen LogP contribution in [0.25, 0.3) is 0 Å². The van der Waals surface area contributed by atoms with Crippen LogP contribution in [0.2, 0.25) is 0 Å². The van der Waals surface area contributed by atoms with Crippen LogP contribution in [0.5, 0.6) is 0 Å². The second kappa shape index (κ2) is 3.41. The zero-order valence-electron chi connectivity index (χ0n) is 5.61. The second-order valence-corrected chi connectivity index (χ2v) is 2.51. The largest absolute Gasteiger partial charge is 0.288 e. The van der Waals surface area contributed by atoms with Crippen LogP contribution < -0.4 is 5.48 Å². The van der Waals surface area contributed by atoms with Gasteiger partial charge < -0.3 is 0 Å². The van der Waals surface area contributed by atoms with Gasteiger partial charge in [-0.2, -0.15) is 0 Å². The number of thiol groups is 1. The molecule has 0 bridgehead atoms. The monoisotopic (exact) mass is 169 g/mol. The first-order valence-corrected chi connectivity index (χ1v) is 3.42. The van der Waals surface area contributed by atoms with Crippen molar-refractivity contribution in [1.82, 2.24) is 5.48 Å². The van der Waals surface area contributed by atoms with Crippen molar-refractivity contribution in [3.05, 3.63) is 29.8 Å². The number of hydroxylamine groups is 1. The molecular formula is C7H7NO2S. The van der Waals surface area contributed by atoms with E-state index in [4.69, 9.17) is 5.21 Å². The number of amides is 1. The van der Waals surface area contributed by atoms with Gasteiger partial charge >= 0.3 is 0 Å². The smallest absolute Gasteiger partial charge is 0.274 e. The van der Waals surface area contributed by atoms with E-state index in [0.29, 0.717) is 10.5 Å². The first-order chi connectivity index (χ1) is 5.24. The molecule has 0 radical (unpaired) electrons. The van der Waals surface area contributed by atoms with E-state index in [-0.39, 0.29) is 0 Å². The van der Waals surface area contributed by atoms with E-state index in [2.05, 4.69) is 12.6 Å². The fourth-order valence-corrected chi connectivity index (χ4v) is 0.937. The Kier molecular flexibility index (Phi) is 2.51. The minimum atomic E-state index is -0.527. The van der Waals surface area contributed by atoms with Crippen LogP contribution in [0, 0.1) is 0 Å². The third kappa shape index (κ3) is 1.96. The number of hydrogen-bond acceptors (Lipinski definition) is 3.